The lowest BCUT2D eigenvalue weighted by molar-refractivity contribution is -0.149. The van der Waals surface area contributed by atoms with Gasteiger partial charge in [0.25, 0.3) is 11.8 Å². The number of nitrogens with one attached hydrogen (secondary N) is 1. The van der Waals surface area contributed by atoms with Crippen LogP contribution < -0.4 is 5.32 Å². The molecule has 5 rings (SSSR count). The maximum atomic E-state index is 13.6. The summed E-state index contributed by atoms with van der Waals surface area (Å²) in [4.78, 5) is 39.5. The zero-order valence-corrected chi connectivity index (χ0v) is 21.1. The van der Waals surface area contributed by atoms with Gasteiger partial charge in [-0.1, -0.05) is 12.1 Å². The van der Waals surface area contributed by atoms with Crippen molar-refractivity contribution in [3.8, 4) is 0 Å². The number of esters is 1. The van der Waals surface area contributed by atoms with Crippen LogP contribution in [0, 0.1) is 11.7 Å². The number of halogens is 1. The van der Waals surface area contributed by atoms with Crippen LogP contribution in [0.25, 0.3) is 11.1 Å². The smallest absolute Gasteiger partial charge is 0.309 e. The number of hydrogen-bond donors (Lipinski definition) is 1. The van der Waals surface area contributed by atoms with E-state index in [1.165, 1.54) is 12.1 Å². The van der Waals surface area contributed by atoms with Gasteiger partial charge in [0, 0.05) is 29.8 Å². The second-order valence-corrected chi connectivity index (χ2v) is 9.95. The lowest BCUT2D eigenvalue weighted by atomic mass is 9.91. The average Bonchev–Trinajstić information content (AvgIpc) is 3.37. The maximum absolute atomic E-state index is 13.6. The Hall–Kier alpha value is -3.94. The third-order valence-corrected chi connectivity index (χ3v) is 7.11. The van der Waals surface area contributed by atoms with Crippen LogP contribution in [0.5, 0.6) is 0 Å². The summed E-state index contributed by atoms with van der Waals surface area (Å²) in [5.41, 5.74) is 2.98. The first-order valence-electron chi connectivity index (χ1n) is 12.5. The van der Waals surface area contributed by atoms with Crippen LogP contribution in [0.2, 0.25) is 0 Å². The molecule has 37 heavy (non-hydrogen) atoms. The van der Waals surface area contributed by atoms with Crippen molar-refractivity contribution < 1.29 is 28.2 Å². The Balaban J connectivity index is 1.35. The molecule has 0 unspecified atom stereocenters. The second kappa shape index (κ2) is 9.50. The van der Waals surface area contributed by atoms with E-state index in [0.29, 0.717) is 60.7 Å². The second-order valence-electron chi connectivity index (χ2n) is 9.95. The molecule has 2 aromatic carbocycles. The fourth-order valence-corrected chi connectivity index (χ4v) is 5.16. The monoisotopic (exact) mass is 504 g/mol. The van der Waals surface area contributed by atoms with Crippen molar-refractivity contribution >= 4 is 34.6 Å². The van der Waals surface area contributed by atoms with E-state index in [1.54, 1.807) is 30.0 Å². The number of benzene rings is 2. The third-order valence-electron chi connectivity index (χ3n) is 7.11. The van der Waals surface area contributed by atoms with Gasteiger partial charge in [0.1, 0.15) is 17.2 Å². The molecule has 7 nitrogen and oxygen atoms in total. The van der Waals surface area contributed by atoms with Crippen molar-refractivity contribution in [2.45, 2.75) is 39.2 Å². The zero-order valence-electron chi connectivity index (χ0n) is 21.1. The molecule has 3 heterocycles. The number of piperidine rings is 1. The number of ether oxygens (including phenoxy) is 2. The summed E-state index contributed by atoms with van der Waals surface area (Å²) in [6.45, 7) is 7.01. The molecule has 0 aliphatic carbocycles. The first-order valence-corrected chi connectivity index (χ1v) is 12.5. The number of carbonyl (C=O) groups excluding carboxylic acids is 3. The van der Waals surface area contributed by atoms with Gasteiger partial charge in [0.15, 0.2) is 0 Å². The molecule has 1 fully saturated rings. The molecule has 1 saturated heterocycles. The van der Waals surface area contributed by atoms with Crippen LogP contribution in [0.1, 0.15) is 55.1 Å². The van der Waals surface area contributed by atoms with Gasteiger partial charge < -0.3 is 19.7 Å². The summed E-state index contributed by atoms with van der Waals surface area (Å²) in [5.74, 6) is -0.747. The number of anilines is 1. The van der Waals surface area contributed by atoms with Crippen molar-refractivity contribution in [2.75, 3.05) is 25.0 Å². The SMILES string of the molecule is CCOC(=O)C1CCN(C(=O)c2ccc(C3=C/C(=C4\C(=O)Nc5cc(F)ccc54)OC3(C)C)cc2)CC1. The molecule has 8 heteroatoms. The van der Waals surface area contributed by atoms with Gasteiger partial charge in [0.05, 0.1) is 23.8 Å². The number of likely N-dealkylation sites (tertiary alicyclic amines) is 1. The summed E-state index contributed by atoms with van der Waals surface area (Å²) >= 11 is 0. The molecule has 2 aromatic rings. The minimum atomic E-state index is -0.716. The molecular formula is C29H29FN2O5. The van der Waals surface area contributed by atoms with Gasteiger partial charge in [-0.2, -0.15) is 0 Å². The van der Waals surface area contributed by atoms with E-state index >= 15 is 0 Å². The highest BCUT2D eigenvalue weighted by Crippen LogP contribution is 2.44. The molecule has 1 N–H and O–H groups in total. The number of hydrogen-bond acceptors (Lipinski definition) is 5. The van der Waals surface area contributed by atoms with E-state index in [4.69, 9.17) is 9.47 Å². The van der Waals surface area contributed by atoms with E-state index in [-0.39, 0.29) is 23.7 Å². The van der Waals surface area contributed by atoms with E-state index < -0.39 is 11.4 Å². The van der Waals surface area contributed by atoms with Crippen LogP contribution >= 0.6 is 0 Å². The Labute approximate surface area is 214 Å². The summed E-state index contributed by atoms with van der Waals surface area (Å²) in [7, 11) is 0. The van der Waals surface area contributed by atoms with Crippen molar-refractivity contribution in [1.29, 1.82) is 0 Å². The Morgan fingerprint density at radius 3 is 2.51 bits per heavy atom. The highest BCUT2D eigenvalue weighted by Gasteiger charge is 2.38. The van der Waals surface area contributed by atoms with Gasteiger partial charge >= 0.3 is 5.97 Å². The predicted molar refractivity (Wildman–Crippen MR) is 137 cm³/mol. The fraction of sp³-hybridized carbons (Fsp3) is 0.345. The highest BCUT2D eigenvalue weighted by atomic mass is 19.1. The fourth-order valence-electron chi connectivity index (χ4n) is 5.16. The molecule has 2 amide bonds. The molecule has 3 aliphatic rings. The quantitative estimate of drug-likeness (QED) is 0.478. The highest BCUT2D eigenvalue weighted by molar-refractivity contribution is 6.32. The molecule has 0 radical (unpaired) electrons. The number of allylic oxidation sites excluding steroid dienone is 1. The summed E-state index contributed by atoms with van der Waals surface area (Å²) < 4.78 is 24.9. The predicted octanol–water partition coefficient (Wildman–Crippen LogP) is 4.80. The Morgan fingerprint density at radius 1 is 1.14 bits per heavy atom. The number of amides is 2. The van der Waals surface area contributed by atoms with Crippen LogP contribution in [0.15, 0.2) is 54.3 Å². The molecule has 0 aromatic heterocycles. The lowest BCUT2D eigenvalue weighted by Gasteiger charge is -2.31. The van der Waals surface area contributed by atoms with Gasteiger partial charge in [-0.25, -0.2) is 4.39 Å². The van der Waals surface area contributed by atoms with Crippen LogP contribution in [0.3, 0.4) is 0 Å². The first-order chi connectivity index (χ1) is 17.7. The van der Waals surface area contributed by atoms with Crippen LogP contribution in [-0.2, 0) is 19.1 Å². The Bertz CT molecular complexity index is 1330. The number of carbonyl (C=O) groups is 3. The van der Waals surface area contributed by atoms with Crippen LogP contribution in [0.4, 0.5) is 10.1 Å². The van der Waals surface area contributed by atoms with Gasteiger partial charge in [-0.3, -0.25) is 14.4 Å². The number of rotatable bonds is 4. The maximum Gasteiger partial charge on any atom is 0.309 e. The van der Waals surface area contributed by atoms with Gasteiger partial charge in [0.2, 0.25) is 0 Å². The Morgan fingerprint density at radius 2 is 1.84 bits per heavy atom. The van der Waals surface area contributed by atoms with Crippen LogP contribution in [-0.4, -0.2) is 48.0 Å². The largest absolute Gasteiger partial charge is 0.482 e. The van der Waals surface area contributed by atoms with Crippen molar-refractivity contribution in [3.63, 3.8) is 0 Å². The first kappa shape index (κ1) is 24.7. The Kier molecular flexibility index (Phi) is 6.35. The summed E-state index contributed by atoms with van der Waals surface area (Å²) in [5, 5.41) is 2.70. The normalized spacial score (nSPS) is 20.7. The number of nitrogens with zero attached hydrogens (tertiary/aromatic N) is 1. The number of fused-ring (bicyclic) bond motifs is 1. The van der Waals surface area contributed by atoms with E-state index in [2.05, 4.69) is 5.32 Å². The van der Waals surface area contributed by atoms with Gasteiger partial charge in [-0.05, 0) is 75.6 Å². The summed E-state index contributed by atoms with van der Waals surface area (Å²) in [6.07, 6.45) is 3.04. The molecule has 0 spiro atoms. The minimum Gasteiger partial charge on any atom is -0.482 e. The third kappa shape index (κ3) is 4.63. The molecule has 192 valence electrons. The van der Waals surface area contributed by atoms with Crippen molar-refractivity contribution in [3.05, 3.63) is 76.8 Å². The molecule has 0 saturated carbocycles. The molecular weight excluding hydrogens is 475 g/mol. The van der Waals surface area contributed by atoms with Crippen molar-refractivity contribution in [2.24, 2.45) is 5.92 Å². The summed E-state index contributed by atoms with van der Waals surface area (Å²) in [6, 6.07) is 11.5. The molecule has 0 atom stereocenters. The van der Waals surface area contributed by atoms with E-state index in [1.807, 2.05) is 32.1 Å². The topological polar surface area (TPSA) is 84.9 Å². The van der Waals surface area contributed by atoms with E-state index in [0.717, 1.165) is 11.1 Å². The van der Waals surface area contributed by atoms with Gasteiger partial charge in [-0.15, -0.1) is 0 Å². The molecule has 3 aliphatic heterocycles. The van der Waals surface area contributed by atoms with E-state index in [9.17, 15) is 18.8 Å². The van der Waals surface area contributed by atoms with Crippen molar-refractivity contribution in [1.82, 2.24) is 4.90 Å². The lowest BCUT2D eigenvalue weighted by Crippen LogP contribution is -2.40. The average molecular weight is 505 g/mol. The standard InChI is InChI=1S/C29H29FN2O5/c1-4-36-28(35)19-11-13-32(14-12-19)27(34)18-7-5-17(6-8-18)22-16-24(37-29(22,2)3)25-21-10-9-20(30)15-23(21)31-26(25)33/h5-10,15-16,19H,4,11-14H2,1-3H3,(H,31,33)/b25-24+. The zero-order chi connectivity index (χ0) is 26.3. The minimum absolute atomic E-state index is 0.0703. The molecule has 0 bridgehead atoms.